The minimum atomic E-state index is 0.198. The van der Waals surface area contributed by atoms with Gasteiger partial charge >= 0.3 is 0 Å². The van der Waals surface area contributed by atoms with Gasteiger partial charge in [0.15, 0.2) is 6.07 Å². The van der Waals surface area contributed by atoms with Gasteiger partial charge in [-0.15, -0.1) is 0 Å². The quantitative estimate of drug-likeness (QED) is 0.435. The first-order valence-corrected chi connectivity index (χ1v) is 6.31. The molecule has 3 heteroatoms. The third-order valence-corrected chi connectivity index (χ3v) is 2.30. The predicted octanol–water partition coefficient (Wildman–Crippen LogP) is 4.71. The number of rotatable bonds is 9. The second-order valence-electron chi connectivity index (χ2n) is 3.36. The average molecular weight is 249 g/mol. The van der Waals surface area contributed by atoms with E-state index in [0.29, 0.717) is 0 Å². The van der Waals surface area contributed by atoms with Crippen molar-refractivity contribution in [3.05, 3.63) is 25.7 Å². The second-order valence-corrected chi connectivity index (χ2v) is 3.58. The monoisotopic (exact) mass is 248 g/mol. The van der Waals surface area contributed by atoms with E-state index in [1.165, 1.54) is 38.2 Å². The fourth-order valence-corrected chi connectivity index (χ4v) is 1.24. The molecule has 0 heterocycles. The Bertz CT molecular complexity index is 149. The first-order chi connectivity index (χ1) is 7.76. The zero-order valence-corrected chi connectivity index (χ0v) is 11.3. The first-order valence-electron chi connectivity index (χ1n) is 5.77. The van der Waals surface area contributed by atoms with E-state index in [1.54, 1.807) is 0 Å². The zero-order chi connectivity index (χ0) is 12.6. The van der Waals surface area contributed by atoms with Crippen LogP contribution in [0.15, 0.2) is 25.7 Å². The van der Waals surface area contributed by atoms with Gasteiger partial charge in [-0.2, -0.15) is 0 Å². The van der Waals surface area contributed by atoms with Gasteiger partial charge in [-0.25, -0.2) is 0 Å². The molecular formula is C13H25ClO2. The van der Waals surface area contributed by atoms with Gasteiger partial charge in [-0.3, -0.25) is 0 Å². The summed E-state index contributed by atoms with van der Waals surface area (Å²) < 4.78 is 9.51. The van der Waals surface area contributed by atoms with Crippen LogP contribution in [0.2, 0.25) is 0 Å². The summed E-state index contributed by atoms with van der Waals surface area (Å²) >= 11 is 5.01. The maximum atomic E-state index is 5.15. The Balaban J connectivity index is 0. The van der Waals surface area contributed by atoms with Crippen LogP contribution in [0.1, 0.15) is 39.5 Å². The number of ether oxygens (including phenoxy) is 2. The second kappa shape index (κ2) is 16.8. The molecule has 0 amide bonds. The minimum absolute atomic E-state index is 0.198. The molecule has 0 aliphatic rings. The highest BCUT2D eigenvalue weighted by atomic mass is 35.5. The van der Waals surface area contributed by atoms with Crippen molar-refractivity contribution in [3.63, 3.8) is 0 Å². The van der Waals surface area contributed by atoms with E-state index in [1.807, 2.05) is 0 Å². The van der Waals surface area contributed by atoms with Crippen molar-refractivity contribution in [2.24, 2.45) is 5.92 Å². The number of hydrogen-bond acceptors (Lipinski definition) is 2. The lowest BCUT2D eigenvalue weighted by Gasteiger charge is -2.12. The molecule has 0 aromatic carbocycles. The number of hydrogen-bond donors (Lipinski definition) is 0. The molecule has 0 fully saturated rings. The lowest BCUT2D eigenvalue weighted by molar-refractivity contribution is 0.184. The van der Waals surface area contributed by atoms with Crippen molar-refractivity contribution in [3.8, 4) is 0 Å². The summed E-state index contributed by atoms with van der Waals surface area (Å²) in [6.45, 7) is 12.1. The molecule has 1 unspecified atom stereocenters. The maximum Gasteiger partial charge on any atom is 0.161 e. The van der Waals surface area contributed by atoms with Gasteiger partial charge in [-0.1, -0.05) is 57.9 Å². The molecule has 16 heavy (non-hydrogen) atoms. The van der Waals surface area contributed by atoms with E-state index in [4.69, 9.17) is 16.3 Å². The van der Waals surface area contributed by atoms with Crippen LogP contribution in [-0.2, 0) is 9.47 Å². The van der Waals surface area contributed by atoms with E-state index < -0.39 is 0 Å². The Kier molecular flexibility index (Phi) is 18.6. The number of alkyl halides is 1. The van der Waals surface area contributed by atoms with Crippen molar-refractivity contribution < 1.29 is 9.47 Å². The molecule has 1 atom stereocenters. The van der Waals surface area contributed by atoms with Gasteiger partial charge in [0.1, 0.15) is 0 Å². The highest BCUT2D eigenvalue weighted by Crippen LogP contribution is 2.12. The predicted molar refractivity (Wildman–Crippen MR) is 71.5 cm³/mol. The molecule has 0 aliphatic carbocycles. The Labute approximate surface area is 105 Å². The molecule has 0 bridgehead atoms. The van der Waals surface area contributed by atoms with Crippen molar-refractivity contribution in [2.75, 3.05) is 12.7 Å². The van der Waals surface area contributed by atoms with E-state index in [9.17, 15) is 0 Å². The Morgan fingerprint density at radius 3 is 2.12 bits per heavy atom. The van der Waals surface area contributed by atoms with Crippen LogP contribution in [0.25, 0.3) is 0 Å². The smallest absolute Gasteiger partial charge is 0.161 e. The fourth-order valence-electron chi connectivity index (χ4n) is 1.15. The topological polar surface area (TPSA) is 18.5 Å². The minimum Gasteiger partial charge on any atom is -0.502 e. The summed E-state index contributed by atoms with van der Waals surface area (Å²) in [4.78, 5) is 0. The van der Waals surface area contributed by atoms with Gasteiger partial charge in [0.25, 0.3) is 0 Å². The molecule has 0 N–H and O–H groups in total. The SMILES string of the molecule is C=COCC(CC)CCCC.C=COCCl. The van der Waals surface area contributed by atoms with Crippen LogP contribution < -0.4 is 0 Å². The lowest BCUT2D eigenvalue weighted by atomic mass is 10.0. The third kappa shape index (κ3) is 15.8. The number of halogens is 1. The van der Waals surface area contributed by atoms with Crippen molar-refractivity contribution in [1.82, 2.24) is 0 Å². The average Bonchev–Trinajstić information content (AvgIpc) is 2.31. The standard InChI is InChI=1S/C10H20O.C3H5ClO/c1-4-7-8-10(5-2)9-11-6-3;1-2-5-3-4/h6,10H,3-5,7-9H2,1-2H3;2H,1,3H2. The Morgan fingerprint density at radius 1 is 1.19 bits per heavy atom. The number of unbranched alkanes of at least 4 members (excludes halogenated alkanes) is 1. The highest BCUT2D eigenvalue weighted by Gasteiger charge is 2.04. The molecular weight excluding hydrogens is 224 g/mol. The molecule has 0 saturated carbocycles. The van der Waals surface area contributed by atoms with Crippen molar-refractivity contribution in [1.29, 1.82) is 0 Å². The molecule has 0 radical (unpaired) electrons. The molecule has 96 valence electrons. The van der Waals surface area contributed by atoms with Gasteiger partial charge in [-0.05, 0) is 12.3 Å². The summed E-state index contributed by atoms with van der Waals surface area (Å²) in [6, 6.07) is 0.198. The van der Waals surface area contributed by atoms with Crippen LogP contribution in [0, 0.1) is 5.92 Å². The summed E-state index contributed by atoms with van der Waals surface area (Å²) in [5.41, 5.74) is 0. The maximum absolute atomic E-state index is 5.15. The molecule has 2 nitrogen and oxygen atoms in total. The molecule has 0 aromatic heterocycles. The summed E-state index contributed by atoms with van der Waals surface area (Å²) in [6.07, 6.45) is 7.94. The first kappa shape index (κ1) is 17.8. The molecule has 0 saturated heterocycles. The lowest BCUT2D eigenvalue weighted by Crippen LogP contribution is -2.05. The van der Waals surface area contributed by atoms with Gasteiger partial charge in [0.2, 0.25) is 0 Å². The van der Waals surface area contributed by atoms with Crippen LogP contribution >= 0.6 is 11.6 Å². The van der Waals surface area contributed by atoms with Crippen molar-refractivity contribution in [2.45, 2.75) is 39.5 Å². The van der Waals surface area contributed by atoms with Crippen LogP contribution in [-0.4, -0.2) is 12.7 Å². The Morgan fingerprint density at radius 2 is 1.81 bits per heavy atom. The highest BCUT2D eigenvalue weighted by molar-refractivity contribution is 6.17. The van der Waals surface area contributed by atoms with Crippen LogP contribution in [0.4, 0.5) is 0 Å². The van der Waals surface area contributed by atoms with Gasteiger partial charge in [0.05, 0.1) is 19.1 Å². The third-order valence-electron chi connectivity index (χ3n) is 2.17. The van der Waals surface area contributed by atoms with Crippen molar-refractivity contribution >= 4 is 11.6 Å². The van der Waals surface area contributed by atoms with Crippen LogP contribution in [0.5, 0.6) is 0 Å². The van der Waals surface area contributed by atoms with Gasteiger partial charge in [0, 0.05) is 0 Å². The molecule has 0 rings (SSSR count). The van der Waals surface area contributed by atoms with E-state index in [0.717, 1.165) is 12.5 Å². The van der Waals surface area contributed by atoms with Crippen LogP contribution in [0.3, 0.4) is 0 Å². The Hall–Kier alpha value is -0.630. The van der Waals surface area contributed by atoms with E-state index in [2.05, 4.69) is 31.7 Å². The molecule has 0 aliphatic heterocycles. The molecule has 0 aromatic rings. The zero-order valence-electron chi connectivity index (χ0n) is 10.6. The summed E-state index contributed by atoms with van der Waals surface area (Å²) in [5.74, 6) is 0.730. The fraction of sp³-hybridized carbons (Fsp3) is 0.692. The summed E-state index contributed by atoms with van der Waals surface area (Å²) in [7, 11) is 0. The normalized spacial score (nSPS) is 10.7. The van der Waals surface area contributed by atoms with Gasteiger partial charge < -0.3 is 9.47 Å². The molecule has 0 spiro atoms. The van der Waals surface area contributed by atoms with E-state index in [-0.39, 0.29) is 6.07 Å². The largest absolute Gasteiger partial charge is 0.502 e. The summed E-state index contributed by atoms with van der Waals surface area (Å²) in [5, 5.41) is 0. The van der Waals surface area contributed by atoms with E-state index >= 15 is 0 Å².